The molecule has 1 aromatic heterocycles. The Morgan fingerprint density at radius 1 is 1.08 bits per heavy atom. The lowest BCUT2D eigenvalue weighted by Gasteiger charge is -2.18. The van der Waals surface area contributed by atoms with Crippen LogP contribution in [0.15, 0.2) is 82.8 Å². The van der Waals surface area contributed by atoms with E-state index < -0.39 is 0 Å². The van der Waals surface area contributed by atoms with Gasteiger partial charge in [-0.2, -0.15) is 0 Å². The predicted octanol–water partition coefficient (Wildman–Crippen LogP) is 6.76. The maximum absolute atomic E-state index is 15.0. The monoisotopic (exact) mass is 540 g/mol. The fourth-order valence-electron chi connectivity index (χ4n) is 5.11. The number of nitrogens with zero attached hydrogens (tertiary/aromatic N) is 3. The second-order valence-corrected chi connectivity index (χ2v) is 10.7. The molecule has 198 valence electrons. The summed E-state index contributed by atoms with van der Waals surface area (Å²) in [7, 11) is 1.62. The number of hydrogen-bond donors (Lipinski definition) is 1. The molecule has 2 saturated heterocycles. The molecule has 0 spiro atoms. The second kappa shape index (κ2) is 11.0. The van der Waals surface area contributed by atoms with Crippen LogP contribution in [0.2, 0.25) is 0 Å². The highest BCUT2D eigenvalue weighted by Gasteiger charge is 2.33. The summed E-state index contributed by atoms with van der Waals surface area (Å²) < 4.78 is 20.2. The number of aromatic amines is 1. The number of aromatic nitrogens is 1. The minimum Gasteiger partial charge on any atom is -0.497 e. The van der Waals surface area contributed by atoms with Gasteiger partial charge in [0.25, 0.3) is 5.91 Å². The standard InChI is InChI=1S/C31H29FN4O2S/c1-38-24-11-9-23(10-12-24)34-31-36(17-14-22-20-33-27-7-3-2-6-25(22)27)30(37)29(39-31)19-21-8-13-28(26(32)18-21)35-15-4-5-16-35/h2-3,6-13,18-20,33H,4-5,14-17H2,1H3/b29-19-,34-31?. The van der Waals surface area contributed by atoms with Crippen molar-refractivity contribution in [2.45, 2.75) is 19.3 Å². The number of amides is 1. The van der Waals surface area contributed by atoms with Gasteiger partial charge in [0.05, 0.1) is 23.4 Å². The number of nitrogens with one attached hydrogen (secondary N) is 1. The molecule has 4 aromatic rings. The lowest BCUT2D eigenvalue weighted by molar-refractivity contribution is -0.122. The summed E-state index contributed by atoms with van der Waals surface area (Å²) >= 11 is 1.32. The quantitative estimate of drug-likeness (QED) is 0.263. The number of halogens is 1. The number of methoxy groups -OCH3 is 1. The maximum atomic E-state index is 15.0. The van der Waals surface area contributed by atoms with Crippen LogP contribution >= 0.6 is 11.8 Å². The van der Waals surface area contributed by atoms with Crippen LogP contribution in [0.5, 0.6) is 5.75 Å². The summed E-state index contributed by atoms with van der Waals surface area (Å²) in [6.45, 7) is 2.23. The largest absolute Gasteiger partial charge is 0.497 e. The summed E-state index contributed by atoms with van der Waals surface area (Å²) in [6, 6.07) is 20.8. The van der Waals surface area contributed by atoms with Crippen molar-refractivity contribution in [3.05, 3.63) is 94.8 Å². The van der Waals surface area contributed by atoms with E-state index in [1.807, 2.05) is 60.8 Å². The fraction of sp³-hybridized carbons (Fsp3) is 0.226. The number of thioether (sulfide) groups is 1. The molecule has 3 aromatic carbocycles. The van der Waals surface area contributed by atoms with Crippen molar-refractivity contribution in [3.63, 3.8) is 0 Å². The molecule has 1 N–H and O–H groups in total. The van der Waals surface area contributed by atoms with E-state index in [0.29, 0.717) is 34.3 Å². The summed E-state index contributed by atoms with van der Waals surface area (Å²) in [5, 5.41) is 1.75. The molecule has 0 radical (unpaired) electrons. The zero-order valence-corrected chi connectivity index (χ0v) is 22.5. The minimum atomic E-state index is -0.259. The van der Waals surface area contributed by atoms with E-state index >= 15 is 0 Å². The molecule has 6 rings (SSSR count). The highest BCUT2D eigenvalue weighted by molar-refractivity contribution is 8.18. The Labute approximate surface area is 231 Å². The number of anilines is 1. The molecular weight excluding hydrogens is 511 g/mol. The van der Waals surface area contributed by atoms with Gasteiger partial charge in [-0.1, -0.05) is 24.3 Å². The number of hydrogen-bond acceptors (Lipinski definition) is 5. The Hall–Kier alpha value is -4.04. The van der Waals surface area contributed by atoms with Crippen molar-refractivity contribution in [2.75, 3.05) is 31.6 Å². The van der Waals surface area contributed by atoms with E-state index in [1.54, 1.807) is 18.1 Å². The number of fused-ring (bicyclic) bond motifs is 1. The molecule has 3 heterocycles. The molecule has 8 heteroatoms. The summed E-state index contributed by atoms with van der Waals surface area (Å²) in [6.07, 6.45) is 6.60. The van der Waals surface area contributed by atoms with E-state index in [-0.39, 0.29) is 11.7 Å². The van der Waals surface area contributed by atoms with Gasteiger partial charge in [-0.3, -0.25) is 9.69 Å². The van der Waals surface area contributed by atoms with E-state index in [4.69, 9.17) is 9.73 Å². The SMILES string of the molecule is COc1ccc(N=C2S/C(=C\c3ccc(N4CCCC4)c(F)c3)C(=O)N2CCc2c[nH]c3ccccc23)cc1. The van der Waals surface area contributed by atoms with Crippen LogP contribution in [0.3, 0.4) is 0 Å². The summed E-state index contributed by atoms with van der Waals surface area (Å²) in [5.74, 6) is 0.353. The van der Waals surface area contributed by atoms with Gasteiger partial charge in [-0.05, 0) is 90.7 Å². The third-order valence-corrected chi connectivity index (χ3v) is 8.19. The van der Waals surface area contributed by atoms with E-state index in [1.165, 1.54) is 17.8 Å². The Morgan fingerprint density at radius 2 is 1.87 bits per heavy atom. The molecule has 1 amide bonds. The van der Waals surface area contributed by atoms with Crippen molar-refractivity contribution < 1.29 is 13.9 Å². The Morgan fingerprint density at radius 3 is 2.64 bits per heavy atom. The number of rotatable bonds is 7. The van der Waals surface area contributed by atoms with Gasteiger partial charge in [-0.15, -0.1) is 0 Å². The zero-order valence-electron chi connectivity index (χ0n) is 21.7. The van der Waals surface area contributed by atoms with Crippen molar-refractivity contribution in [1.29, 1.82) is 0 Å². The summed E-state index contributed by atoms with van der Waals surface area (Å²) in [5.41, 5.74) is 4.23. The van der Waals surface area contributed by atoms with Crippen molar-refractivity contribution in [1.82, 2.24) is 9.88 Å². The van der Waals surface area contributed by atoms with Crippen LogP contribution in [0.1, 0.15) is 24.0 Å². The first kappa shape index (κ1) is 25.2. The highest BCUT2D eigenvalue weighted by atomic mass is 32.2. The number of H-pyrrole nitrogens is 1. The van der Waals surface area contributed by atoms with Gasteiger partial charge < -0.3 is 14.6 Å². The smallest absolute Gasteiger partial charge is 0.266 e. The molecule has 0 saturated carbocycles. The van der Waals surface area contributed by atoms with E-state index in [9.17, 15) is 9.18 Å². The first-order chi connectivity index (χ1) is 19.1. The number of carbonyl (C=O) groups excluding carboxylic acids is 1. The van der Waals surface area contributed by atoms with Gasteiger partial charge in [0.1, 0.15) is 11.6 Å². The maximum Gasteiger partial charge on any atom is 0.266 e. The van der Waals surface area contributed by atoms with Gasteiger partial charge >= 0.3 is 0 Å². The molecule has 39 heavy (non-hydrogen) atoms. The van der Waals surface area contributed by atoms with Crippen LogP contribution in [0, 0.1) is 5.82 Å². The number of benzene rings is 3. The Kier molecular flexibility index (Phi) is 7.11. The topological polar surface area (TPSA) is 60.9 Å². The van der Waals surface area contributed by atoms with Crippen LogP contribution in [-0.4, -0.2) is 47.7 Å². The molecular formula is C31H29FN4O2S. The van der Waals surface area contributed by atoms with Crippen molar-refractivity contribution >= 4 is 51.2 Å². The Balaban J connectivity index is 1.29. The number of para-hydroxylation sites is 1. The molecule has 2 fully saturated rings. The molecule has 2 aliphatic heterocycles. The number of amidine groups is 1. The molecule has 0 bridgehead atoms. The number of ether oxygens (including phenoxy) is 1. The molecule has 0 aliphatic carbocycles. The van der Waals surface area contributed by atoms with E-state index in [0.717, 1.165) is 53.8 Å². The van der Waals surface area contributed by atoms with Gasteiger partial charge in [0, 0.05) is 36.7 Å². The first-order valence-electron chi connectivity index (χ1n) is 13.1. The lowest BCUT2D eigenvalue weighted by Crippen LogP contribution is -2.31. The van der Waals surface area contributed by atoms with Crippen LogP contribution in [-0.2, 0) is 11.2 Å². The second-order valence-electron chi connectivity index (χ2n) is 9.67. The molecule has 2 aliphatic rings. The van der Waals surface area contributed by atoms with Gasteiger partial charge in [-0.25, -0.2) is 9.38 Å². The number of aliphatic imine (C=N–C) groups is 1. The first-order valence-corrected chi connectivity index (χ1v) is 13.9. The molecule has 0 atom stereocenters. The third-order valence-electron chi connectivity index (χ3n) is 7.18. The summed E-state index contributed by atoms with van der Waals surface area (Å²) in [4.78, 5) is 26.1. The fourth-order valence-corrected chi connectivity index (χ4v) is 6.13. The van der Waals surface area contributed by atoms with Crippen molar-refractivity contribution in [3.8, 4) is 5.75 Å². The van der Waals surface area contributed by atoms with Crippen LogP contribution in [0.4, 0.5) is 15.8 Å². The zero-order chi connectivity index (χ0) is 26.8. The third kappa shape index (κ3) is 5.29. The Bertz CT molecular complexity index is 1570. The van der Waals surface area contributed by atoms with Gasteiger partial charge in [0.15, 0.2) is 5.17 Å². The van der Waals surface area contributed by atoms with Crippen LogP contribution < -0.4 is 9.64 Å². The number of carbonyl (C=O) groups is 1. The minimum absolute atomic E-state index is 0.129. The highest BCUT2D eigenvalue weighted by Crippen LogP contribution is 2.35. The van der Waals surface area contributed by atoms with Gasteiger partial charge in [0.2, 0.25) is 0 Å². The molecule has 6 nitrogen and oxygen atoms in total. The normalized spacial score (nSPS) is 17.7. The predicted molar refractivity (Wildman–Crippen MR) is 157 cm³/mol. The van der Waals surface area contributed by atoms with Crippen molar-refractivity contribution in [2.24, 2.45) is 4.99 Å². The lowest BCUT2D eigenvalue weighted by atomic mass is 10.1. The van der Waals surface area contributed by atoms with E-state index in [2.05, 4.69) is 16.0 Å². The molecule has 0 unspecified atom stereocenters. The average Bonchev–Trinajstić information content (AvgIpc) is 3.69. The average molecular weight is 541 g/mol. The van der Waals surface area contributed by atoms with Crippen LogP contribution in [0.25, 0.3) is 17.0 Å².